The Hall–Kier alpha value is -2.12. The lowest BCUT2D eigenvalue weighted by atomic mass is 10.1. The molecule has 7 heteroatoms. The van der Waals surface area contributed by atoms with Gasteiger partial charge in [-0.2, -0.15) is 0 Å². The topological polar surface area (TPSA) is 77.1 Å². The van der Waals surface area contributed by atoms with Crippen LogP contribution in [0.25, 0.3) is 0 Å². The SMILES string of the molecule is COCCOCC(=O)NC1CCN(C(=O)COc2ccc(C)cc2C)CC1. The van der Waals surface area contributed by atoms with E-state index >= 15 is 0 Å². The summed E-state index contributed by atoms with van der Waals surface area (Å²) in [5, 5.41) is 2.95. The lowest BCUT2D eigenvalue weighted by molar-refractivity contribution is -0.134. The van der Waals surface area contributed by atoms with Gasteiger partial charge >= 0.3 is 0 Å². The fourth-order valence-corrected chi connectivity index (χ4v) is 3.04. The summed E-state index contributed by atoms with van der Waals surface area (Å²) in [5.74, 6) is 0.585. The first-order chi connectivity index (χ1) is 13.0. The van der Waals surface area contributed by atoms with Gasteiger partial charge in [0.15, 0.2) is 6.61 Å². The van der Waals surface area contributed by atoms with E-state index in [9.17, 15) is 9.59 Å². The second kappa shape index (κ2) is 10.9. The average Bonchev–Trinajstić information content (AvgIpc) is 2.65. The zero-order chi connectivity index (χ0) is 19.6. The van der Waals surface area contributed by atoms with Crippen molar-refractivity contribution in [1.29, 1.82) is 0 Å². The van der Waals surface area contributed by atoms with Crippen LogP contribution in [-0.4, -0.2) is 69.4 Å². The molecule has 1 N–H and O–H groups in total. The molecule has 7 nitrogen and oxygen atoms in total. The van der Waals surface area contributed by atoms with E-state index < -0.39 is 0 Å². The highest BCUT2D eigenvalue weighted by molar-refractivity contribution is 5.78. The highest BCUT2D eigenvalue weighted by atomic mass is 16.5. The minimum atomic E-state index is -0.131. The molecule has 1 aliphatic rings. The van der Waals surface area contributed by atoms with E-state index in [0.29, 0.717) is 26.3 Å². The smallest absolute Gasteiger partial charge is 0.260 e. The van der Waals surface area contributed by atoms with Crippen molar-refractivity contribution in [3.63, 3.8) is 0 Å². The Balaban J connectivity index is 1.67. The van der Waals surface area contributed by atoms with Crippen molar-refractivity contribution in [2.75, 3.05) is 46.6 Å². The minimum absolute atomic E-state index is 0.0253. The summed E-state index contributed by atoms with van der Waals surface area (Å²) in [6.07, 6.45) is 1.47. The molecule has 0 spiro atoms. The standard InChI is InChI=1S/C20H30N2O5/c1-15-4-5-18(16(2)12-15)27-14-20(24)22-8-6-17(7-9-22)21-19(23)13-26-11-10-25-3/h4-5,12,17H,6-11,13-14H2,1-3H3,(H,21,23). The summed E-state index contributed by atoms with van der Waals surface area (Å²) in [5.41, 5.74) is 2.19. The number of likely N-dealkylation sites (tertiary alicyclic amines) is 1. The summed E-state index contributed by atoms with van der Waals surface area (Å²) in [7, 11) is 1.59. The molecule has 1 aromatic carbocycles. The van der Waals surface area contributed by atoms with Gasteiger partial charge in [0.2, 0.25) is 5.91 Å². The number of hydrogen-bond acceptors (Lipinski definition) is 5. The van der Waals surface area contributed by atoms with Crippen molar-refractivity contribution >= 4 is 11.8 Å². The van der Waals surface area contributed by atoms with Crippen LogP contribution >= 0.6 is 0 Å². The van der Waals surface area contributed by atoms with Crippen LogP contribution in [-0.2, 0) is 19.1 Å². The second-order valence-electron chi connectivity index (χ2n) is 6.83. The molecule has 0 unspecified atom stereocenters. The van der Waals surface area contributed by atoms with Gasteiger partial charge in [-0.15, -0.1) is 0 Å². The van der Waals surface area contributed by atoms with E-state index in [1.807, 2.05) is 32.0 Å². The van der Waals surface area contributed by atoms with Gasteiger partial charge in [0, 0.05) is 26.2 Å². The number of piperidine rings is 1. The fourth-order valence-electron chi connectivity index (χ4n) is 3.04. The molecular weight excluding hydrogens is 348 g/mol. The maximum absolute atomic E-state index is 12.4. The first-order valence-corrected chi connectivity index (χ1v) is 9.33. The first-order valence-electron chi connectivity index (χ1n) is 9.33. The van der Waals surface area contributed by atoms with Crippen LogP contribution in [0.15, 0.2) is 18.2 Å². The Morgan fingerprint density at radius 2 is 1.89 bits per heavy atom. The maximum atomic E-state index is 12.4. The zero-order valence-electron chi connectivity index (χ0n) is 16.5. The molecule has 0 radical (unpaired) electrons. The number of amides is 2. The largest absolute Gasteiger partial charge is 0.484 e. The zero-order valence-corrected chi connectivity index (χ0v) is 16.5. The predicted molar refractivity (Wildman–Crippen MR) is 102 cm³/mol. The third kappa shape index (κ3) is 7.19. The van der Waals surface area contributed by atoms with Crippen LogP contribution in [0.5, 0.6) is 5.75 Å². The number of carbonyl (C=O) groups is 2. The van der Waals surface area contributed by atoms with Crippen molar-refractivity contribution in [3.05, 3.63) is 29.3 Å². The number of carbonyl (C=O) groups excluding carboxylic acids is 2. The van der Waals surface area contributed by atoms with Gasteiger partial charge in [-0.25, -0.2) is 0 Å². The van der Waals surface area contributed by atoms with Gasteiger partial charge in [-0.1, -0.05) is 17.7 Å². The van der Waals surface area contributed by atoms with E-state index in [1.54, 1.807) is 12.0 Å². The molecule has 1 saturated heterocycles. The van der Waals surface area contributed by atoms with Gasteiger partial charge in [-0.05, 0) is 38.3 Å². The predicted octanol–water partition coefficient (Wildman–Crippen LogP) is 1.45. The molecule has 0 atom stereocenters. The molecule has 1 heterocycles. The van der Waals surface area contributed by atoms with Gasteiger partial charge in [0.1, 0.15) is 12.4 Å². The number of nitrogens with one attached hydrogen (secondary N) is 1. The molecule has 2 amide bonds. The normalized spacial score (nSPS) is 14.9. The van der Waals surface area contributed by atoms with Gasteiger partial charge in [0.05, 0.1) is 13.2 Å². The third-order valence-corrected chi connectivity index (χ3v) is 4.56. The molecule has 0 aromatic heterocycles. The molecule has 0 bridgehead atoms. The molecule has 27 heavy (non-hydrogen) atoms. The first kappa shape index (κ1) is 21.2. The van der Waals surface area contributed by atoms with Crippen LogP contribution < -0.4 is 10.1 Å². The Morgan fingerprint density at radius 3 is 2.56 bits per heavy atom. The van der Waals surface area contributed by atoms with E-state index in [4.69, 9.17) is 14.2 Å². The van der Waals surface area contributed by atoms with Crippen molar-refractivity contribution in [1.82, 2.24) is 10.2 Å². The van der Waals surface area contributed by atoms with E-state index in [1.165, 1.54) is 5.56 Å². The quantitative estimate of drug-likeness (QED) is 0.658. The van der Waals surface area contributed by atoms with Crippen molar-refractivity contribution in [3.8, 4) is 5.75 Å². The average molecular weight is 378 g/mol. The van der Waals surface area contributed by atoms with Crippen molar-refractivity contribution in [2.45, 2.75) is 32.7 Å². The monoisotopic (exact) mass is 378 g/mol. The summed E-state index contributed by atoms with van der Waals surface area (Å²) >= 11 is 0. The Labute approximate surface area is 161 Å². The minimum Gasteiger partial charge on any atom is -0.484 e. The van der Waals surface area contributed by atoms with Gasteiger partial charge in [-0.3, -0.25) is 9.59 Å². The van der Waals surface area contributed by atoms with Crippen LogP contribution in [0.3, 0.4) is 0 Å². The maximum Gasteiger partial charge on any atom is 0.260 e. The molecule has 0 aliphatic carbocycles. The number of hydrogen-bond donors (Lipinski definition) is 1. The Morgan fingerprint density at radius 1 is 1.15 bits per heavy atom. The van der Waals surface area contributed by atoms with Crippen LogP contribution in [0, 0.1) is 13.8 Å². The molecule has 0 saturated carbocycles. The summed E-state index contributed by atoms with van der Waals surface area (Å²) in [6.45, 7) is 6.17. The molecule has 1 aromatic rings. The second-order valence-corrected chi connectivity index (χ2v) is 6.83. The van der Waals surface area contributed by atoms with Gasteiger partial charge in [0.25, 0.3) is 5.91 Å². The third-order valence-electron chi connectivity index (χ3n) is 4.56. The highest BCUT2D eigenvalue weighted by Gasteiger charge is 2.24. The molecule has 1 fully saturated rings. The van der Waals surface area contributed by atoms with Crippen molar-refractivity contribution < 1.29 is 23.8 Å². The molecule has 1 aliphatic heterocycles. The molecular formula is C20H30N2O5. The van der Waals surface area contributed by atoms with E-state index in [-0.39, 0.29) is 31.1 Å². The number of benzene rings is 1. The number of methoxy groups -OCH3 is 1. The highest BCUT2D eigenvalue weighted by Crippen LogP contribution is 2.19. The van der Waals surface area contributed by atoms with E-state index in [0.717, 1.165) is 24.2 Å². The van der Waals surface area contributed by atoms with Gasteiger partial charge < -0.3 is 24.4 Å². The summed E-state index contributed by atoms with van der Waals surface area (Å²) in [6, 6.07) is 5.98. The van der Waals surface area contributed by atoms with Crippen molar-refractivity contribution in [2.24, 2.45) is 0 Å². The van der Waals surface area contributed by atoms with Crippen LogP contribution in [0.2, 0.25) is 0 Å². The lowest BCUT2D eigenvalue weighted by Gasteiger charge is -2.32. The number of aryl methyl sites for hydroxylation is 2. The molecule has 150 valence electrons. The number of ether oxygens (including phenoxy) is 3. The Kier molecular flexibility index (Phi) is 8.54. The molecule has 2 rings (SSSR count). The lowest BCUT2D eigenvalue weighted by Crippen LogP contribution is -2.48. The fraction of sp³-hybridized carbons (Fsp3) is 0.600. The number of rotatable bonds is 9. The number of nitrogens with zero attached hydrogens (tertiary/aromatic N) is 1. The van der Waals surface area contributed by atoms with E-state index in [2.05, 4.69) is 5.32 Å². The van der Waals surface area contributed by atoms with Crippen LogP contribution in [0.1, 0.15) is 24.0 Å². The Bertz CT molecular complexity index is 627. The summed E-state index contributed by atoms with van der Waals surface area (Å²) in [4.78, 5) is 26.0. The summed E-state index contributed by atoms with van der Waals surface area (Å²) < 4.78 is 15.7. The van der Waals surface area contributed by atoms with Crippen LogP contribution in [0.4, 0.5) is 0 Å².